The van der Waals surface area contributed by atoms with Crippen molar-refractivity contribution in [1.82, 2.24) is 15.3 Å². The topological polar surface area (TPSA) is 41.1 Å². The summed E-state index contributed by atoms with van der Waals surface area (Å²) in [6.45, 7) is 4.13. The number of rotatable bonds is 1. The number of nitrogens with one attached hydrogen (secondary N) is 1. The van der Waals surface area contributed by atoms with Crippen LogP contribution in [0.3, 0.4) is 0 Å². The third kappa shape index (κ3) is 1.89. The minimum atomic E-state index is 1.03. The Kier molecular flexibility index (Phi) is 2.95. The standard InChI is InChI=1S/C10H11IN4S/c11-8-5-7-9(16-8)10(14-6-13-7)15-3-1-12-2-4-15/h5-6,12H,1-4H2. The molecule has 0 bridgehead atoms. The summed E-state index contributed by atoms with van der Waals surface area (Å²) in [5, 5.41) is 3.35. The summed E-state index contributed by atoms with van der Waals surface area (Å²) in [5.74, 6) is 1.10. The highest BCUT2D eigenvalue weighted by Gasteiger charge is 2.16. The fraction of sp³-hybridized carbons (Fsp3) is 0.400. The molecule has 3 rings (SSSR count). The summed E-state index contributed by atoms with van der Waals surface area (Å²) in [6, 6.07) is 2.12. The molecule has 1 aliphatic rings. The summed E-state index contributed by atoms with van der Waals surface area (Å²) in [7, 11) is 0. The van der Waals surface area contributed by atoms with Gasteiger partial charge in [-0.1, -0.05) is 0 Å². The smallest absolute Gasteiger partial charge is 0.150 e. The summed E-state index contributed by atoms with van der Waals surface area (Å²) in [4.78, 5) is 11.1. The van der Waals surface area contributed by atoms with Crippen LogP contribution in [0.4, 0.5) is 5.82 Å². The van der Waals surface area contributed by atoms with Gasteiger partial charge in [0.2, 0.25) is 0 Å². The number of hydrogen-bond acceptors (Lipinski definition) is 5. The van der Waals surface area contributed by atoms with Gasteiger partial charge in [0.25, 0.3) is 0 Å². The van der Waals surface area contributed by atoms with E-state index in [-0.39, 0.29) is 0 Å². The molecule has 4 nitrogen and oxygen atoms in total. The first-order valence-corrected chi connectivity index (χ1v) is 7.10. The Morgan fingerprint density at radius 2 is 2.12 bits per heavy atom. The lowest BCUT2D eigenvalue weighted by molar-refractivity contribution is 0.586. The second-order valence-corrected chi connectivity index (χ2v) is 6.65. The van der Waals surface area contributed by atoms with E-state index in [1.165, 1.54) is 7.58 Å². The van der Waals surface area contributed by atoms with Gasteiger partial charge in [0.1, 0.15) is 12.1 Å². The highest BCUT2D eigenvalue weighted by atomic mass is 127. The number of halogens is 1. The molecule has 0 aromatic carbocycles. The van der Waals surface area contributed by atoms with E-state index in [1.807, 2.05) is 0 Å². The lowest BCUT2D eigenvalue weighted by Crippen LogP contribution is -2.43. The van der Waals surface area contributed by atoms with E-state index >= 15 is 0 Å². The molecular formula is C10H11IN4S. The van der Waals surface area contributed by atoms with Gasteiger partial charge in [-0.3, -0.25) is 0 Å². The molecular weight excluding hydrogens is 335 g/mol. The molecule has 2 aromatic heterocycles. The van der Waals surface area contributed by atoms with Crippen LogP contribution < -0.4 is 10.2 Å². The molecule has 0 radical (unpaired) electrons. The zero-order valence-corrected chi connectivity index (χ0v) is 11.6. The van der Waals surface area contributed by atoms with Crippen LogP contribution in [0.15, 0.2) is 12.4 Å². The minimum absolute atomic E-state index is 1.03. The predicted molar refractivity (Wildman–Crippen MR) is 75.2 cm³/mol. The molecule has 3 heterocycles. The SMILES string of the molecule is Ic1cc2ncnc(N3CCNCC3)c2s1. The van der Waals surface area contributed by atoms with Gasteiger partial charge in [0.15, 0.2) is 0 Å². The van der Waals surface area contributed by atoms with Crippen LogP contribution in [-0.4, -0.2) is 36.1 Å². The second kappa shape index (κ2) is 4.42. The van der Waals surface area contributed by atoms with Crippen molar-refractivity contribution in [1.29, 1.82) is 0 Å². The number of fused-ring (bicyclic) bond motifs is 1. The maximum absolute atomic E-state index is 4.44. The Labute approximate surface area is 111 Å². The second-order valence-electron chi connectivity index (χ2n) is 3.70. The first-order valence-electron chi connectivity index (χ1n) is 5.20. The van der Waals surface area contributed by atoms with Crippen LogP contribution in [0.5, 0.6) is 0 Å². The van der Waals surface area contributed by atoms with Crippen LogP contribution in [0, 0.1) is 2.88 Å². The van der Waals surface area contributed by atoms with Crippen LogP contribution >= 0.6 is 33.9 Å². The van der Waals surface area contributed by atoms with E-state index < -0.39 is 0 Å². The van der Waals surface area contributed by atoms with Gasteiger partial charge in [0.05, 0.1) is 13.1 Å². The number of hydrogen-bond donors (Lipinski definition) is 1. The van der Waals surface area contributed by atoms with Gasteiger partial charge in [-0.25, -0.2) is 9.97 Å². The average Bonchev–Trinajstić information content (AvgIpc) is 2.70. The number of thiophene rings is 1. The fourth-order valence-electron chi connectivity index (χ4n) is 1.91. The van der Waals surface area contributed by atoms with Gasteiger partial charge < -0.3 is 10.2 Å². The summed E-state index contributed by atoms with van der Waals surface area (Å²) in [5.41, 5.74) is 1.07. The summed E-state index contributed by atoms with van der Waals surface area (Å²) >= 11 is 4.11. The number of anilines is 1. The first kappa shape index (κ1) is 10.7. The predicted octanol–water partition coefficient (Wildman–Crippen LogP) is 1.71. The van der Waals surface area contributed by atoms with Crippen molar-refractivity contribution < 1.29 is 0 Å². The molecule has 0 saturated carbocycles. The normalized spacial score (nSPS) is 16.9. The first-order chi connectivity index (χ1) is 7.84. The molecule has 0 aliphatic carbocycles. The van der Waals surface area contributed by atoms with Crippen molar-refractivity contribution in [2.75, 3.05) is 31.1 Å². The molecule has 0 amide bonds. The Morgan fingerprint density at radius 3 is 2.94 bits per heavy atom. The molecule has 6 heteroatoms. The molecule has 1 aliphatic heterocycles. The van der Waals surface area contributed by atoms with Crippen molar-refractivity contribution in [3.8, 4) is 0 Å². The molecule has 0 spiro atoms. The molecule has 16 heavy (non-hydrogen) atoms. The molecule has 0 atom stereocenters. The largest absolute Gasteiger partial charge is 0.353 e. The number of nitrogens with zero attached hydrogens (tertiary/aromatic N) is 3. The molecule has 0 unspecified atom stereocenters. The summed E-state index contributed by atoms with van der Waals surface area (Å²) < 4.78 is 2.48. The van der Waals surface area contributed by atoms with Crippen molar-refractivity contribution in [3.63, 3.8) is 0 Å². The molecule has 84 valence electrons. The highest BCUT2D eigenvalue weighted by Crippen LogP contribution is 2.31. The quantitative estimate of drug-likeness (QED) is 0.799. The maximum Gasteiger partial charge on any atom is 0.150 e. The van der Waals surface area contributed by atoms with Crippen LogP contribution in [0.25, 0.3) is 10.2 Å². The van der Waals surface area contributed by atoms with Gasteiger partial charge >= 0.3 is 0 Å². The van der Waals surface area contributed by atoms with Crippen LogP contribution in [0.2, 0.25) is 0 Å². The van der Waals surface area contributed by atoms with E-state index in [0.717, 1.165) is 37.5 Å². The highest BCUT2D eigenvalue weighted by molar-refractivity contribution is 14.1. The zero-order chi connectivity index (χ0) is 11.0. The Morgan fingerprint density at radius 1 is 1.31 bits per heavy atom. The average molecular weight is 346 g/mol. The molecule has 1 N–H and O–H groups in total. The molecule has 1 saturated heterocycles. The number of aromatic nitrogens is 2. The van der Waals surface area contributed by atoms with Crippen molar-refractivity contribution >= 4 is 50.0 Å². The lowest BCUT2D eigenvalue weighted by atomic mass is 10.3. The van der Waals surface area contributed by atoms with E-state index in [4.69, 9.17) is 0 Å². The van der Waals surface area contributed by atoms with Crippen LogP contribution in [-0.2, 0) is 0 Å². The molecule has 2 aromatic rings. The van der Waals surface area contributed by atoms with E-state index in [2.05, 4.69) is 48.8 Å². The zero-order valence-electron chi connectivity index (χ0n) is 8.61. The van der Waals surface area contributed by atoms with Gasteiger partial charge in [-0.2, -0.15) is 0 Å². The van der Waals surface area contributed by atoms with E-state index in [0.29, 0.717) is 0 Å². The Balaban J connectivity index is 2.07. The van der Waals surface area contributed by atoms with E-state index in [1.54, 1.807) is 17.7 Å². The summed E-state index contributed by atoms with van der Waals surface area (Å²) in [6.07, 6.45) is 1.67. The van der Waals surface area contributed by atoms with Gasteiger partial charge in [-0.15, -0.1) is 11.3 Å². The minimum Gasteiger partial charge on any atom is -0.353 e. The van der Waals surface area contributed by atoms with Gasteiger partial charge in [0, 0.05) is 26.2 Å². The van der Waals surface area contributed by atoms with Gasteiger partial charge in [-0.05, 0) is 28.7 Å². The van der Waals surface area contributed by atoms with Crippen molar-refractivity contribution in [3.05, 3.63) is 15.3 Å². The monoisotopic (exact) mass is 346 g/mol. The van der Waals surface area contributed by atoms with Crippen molar-refractivity contribution in [2.45, 2.75) is 0 Å². The third-order valence-electron chi connectivity index (χ3n) is 2.68. The van der Waals surface area contributed by atoms with E-state index in [9.17, 15) is 0 Å². The maximum atomic E-state index is 4.44. The van der Waals surface area contributed by atoms with Crippen molar-refractivity contribution in [2.24, 2.45) is 0 Å². The fourth-order valence-corrected chi connectivity index (χ4v) is 3.73. The third-order valence-corrected chi connectivity index (χ3v) is 4.56. The Bertz CT molecular complexity index is 506. The Hall–Kier alpha value is -0.470. The van der Waals surface area contributed by atoms with Crippen LogP contribution in [0.1, 0.15) is 0 Å². The number of piperazine rings is 1. The lowest BCUT2D eigenvalue weighted by Gasteiger charge is -2.28. The molecule has 1 fully saturated rings.